The van der Waals surface area contributed by atoms with Crippen LogP contribution in [0.4, 0.5) is 10.1 Å². The fraction of sp³-hybridized carbons (Fsp3) is 0.318. The second kappa shape index (κ2) is 12.5. The Morgan fingerprint density at radius 1 is 1.00 bits per heavy atom. The highest BCUT2D eigenvalue weighted by atomic mass is 35.5. The summed E-state index contributed by atoms with van der Waals surface area (Å²) < 4.78 is 18.2. The predicted octanol–water partition coefficient (Wildman–Crippen LogP) is 2.29. The highest BCUT2D eigenvalue weighted by molar-refractivity contribution is 6.27. The normalized spacial score (nSPS) is 12.3. The summed E-state index contributed by atoms with van der Waals surface area (Å²) in [5, 5.41) is 15.9. The van der Waals surface area contributed by atoms with Crippen molar-refractivity contribution in [3.05, 3.63) is 75.6 Å². The van der Waals surface area contributed by atoms with Gasteiger partial charge in [0.25, 0.3) is 5.69 Å². The lowest BCUT2D eigenvalue weighted by atomic mass is 10.0. The van der Waals surface area contributed by atoms with Gasteiger partial charge in [-0.1, -0.05) is 24.3 Å². The monoisotopic (exact) mass is 479 g/mol. The van der Waals surface area contributed by atoms with E-state index in [-0.39, 0.29) is 31.0 Å². The van der Waals surface area contributed by atoms with Gasteiger partial charge in [-0.25, -0.2) is 9.18 Å². The molecule has 0 saturated carbocycles. The van der Waals surface area contributed by atoms with Gasteiger partial charge in [-0.2, -0.15) is 0 Å². The lowest BCUT2D eigenvalue weighted by Gasteiger charge is -2.22. The summed E-state index contributed by atoms with van der Waals surface area (Å²) in [5.41, 5.74) is 1.01. The van der Waals surface area contributed by atoms with Crippen LogP contribution < -0.4 is 10.6 Å². The SMILES string of the molecule is CCOC(=O)[C@H](Cc1ccc(F)cc1)NC(=O)[C@H](Cc1ccc([N+](=O)[O-])cc1)NC(=O)CCl. The van der Waals surface area contributed by atoms with Gasteiger partial charge in [0.05, 0.1) is 11.5 Å². The van der Waals surface area contributed by atoms with Crippen LogP contribution in [0.15, 0.2) is 48.5 Å². The molecule has 0 aromatic heterocycles. The van der Waals surface area contributed by atoms with E-state index in [1.165, 1.54) is 48.5 Å². The third kappa shape index (κ3) is 8.15. The van der Waals surface area contributed by atoms with E-state index in [1.807, 2.05) is 0 Å². The maximum atomic E-state index is 13.2. The van der Waals surface area contributed by atoms with Crippen molar-refractivity contribution < 1.29 is 28.4 Å². The molecule has 2 rings (SSSR count). The van der Waals surface area contributed by atoms with Gasteiger partial charge in [0.1, 0.15) is 23.8 Å². The first-order chi connectivity index (χ1) is 15.7. The molecule has 0 radical (unpaired) electrons. The third-order valence-electron chi connectivity index (χ3n) is 4.60. The van der Waals surface area contributed by atoms with Gasteiger partial charge in [-0.05, 0) is 30.2 Å². The Hall–Kier alpha value is -3.53. The first kappa shape index (κ1) is 25.7. The third-order valence-corrected chi connectivity index (χ3v) is 4.84. The van der Waals surface area contributed by atoms with E-state index < -0.39 is 40.6 Å². The minimum atomic E-state index is -1.11. The van der Waals surface area contributed by atoms with Gasteiger partial charge in [0.2, 0.25) is 11.8 Å². The van der Waals surface area contributed by atoms with Crippen LogP contribution in [0.3, 0.4) is 0 Å². The Bertz CT molecular complexity index is 985. The molecule has 11 heteroatoms. The number of hydrogen-bond donors (Lipinski definition) is 2. The first-order valence-corrected chi connectivity index (χ1v) is 10.6. The number of halogens is 2. The zero-order chi connectivity index (χ0) is 24.4. The van der Waals surface area contributed by atoms with Crippen molar-refractivity contribution in [3.63, 3.8) is 0 Å². The average molecular weight is 480 g/mol. The maximum absolute atomic E-state index is 13.2. The molecule has 2 aromatic rings. The van der Waals surface area contributed by atoms with E-state index in [0.29, 0.717) is 11.1 Å². The second-order valence-electron chi connectivity index (χ2n) is 7.03. The summed E-state index contributed by atoms with van der Waals surface area (Å²) in [6.45, 7) is 1.70. The minimum absolute atomic E-state index is 0.00144. The number of nitro groups is 1. The standard InChI is InChI=1S/C22H23ClFN3O6/c1-2-33-22(30)19(12-14-3-7-16(24)8-4-14)26-21(29)18(25-20(28)13-23)11-15-5-9-17(10-6-15)27(31)32/h3-10,18-19H,2,11-13H2,1H3,(H,25,28)(H,26,29)/t18-,19-/m0/s1. The molecule has 2 aromatic carbocycles. The van der Waals surface area contributed by atoms with E-state index in [2.05, 4.69) is 10.6 Å². The number of ether oxygens (including phenoxy) is 1. The Kier molecular flexibility index (Phi) is 9.74. The molecule has 176 valence electrons. The number of carbonyl (C=O) groups is 3. The molecule has 0 aliphatic carbocycles. The number of alkyl halides is 1. The van der Waals surface area contributed by atoms with Crippen molar-refractivity contribution in [3.8, 4) is 0 Å². The van der Waals surface area contributed by atoms with Crippen LogP contribution in [0.1, 0.15) is 18.1 Å². The number of nitro benzene ring substituents is 1. The lowest BCUT2D eigenvalue weighted by molar-refractivity contribution is -0.384. The fourth-order valence-corrected chi connectivity index (χ4v) is 3.07. The molecular formula is C22H23ClFN3O6. The number of nitrogens with zero attached hydrogens (tertiary/aromatic N) is 1. The minimum Gasteiger partial charge on any atom is -0.464 e. The number of hydrogen-bond acceptors (Lipinski definition) is 6. The second-order valence-corrected chi connectivity index (χ2v) is 7.29. The highest BCUT2D eigenvalue weighted by Crippen LogP contribution is 2.14. The van der Waals surface area contributed by atoms with Crippen molar-refractivity contribution in [1.82, 2.24) is 10.6 Å². The zero-order valence-electron chi connectivity index (χ0n) is 17.8. The number of carbonyl (C=O) groups excluding carboxylic acids is 3. The van der Waals surface area contributed by atoms with Crippen molar-refractivity contribution in [2.24, 2.45) is 0 Å². The first-order valence-electron chi connectivity index (χ1n) is 10.0. The molecule has 9 nitrogen and oxygen atoms in total. The van der Waals surface area contributed by atoms with Crippen LogP contribution >= 0.6 is 11.6 Å². The molecule has 33 heavy (non-hydrogen) atoms. The van der Waals surface area contributed by atoms with E-state index in [9.17, 15) is 28.9 Å². The van der Waals surface area contributed by atoms with E-state index in [1.54, 1.807) is 6.92 Å². The van der Waals surface area contributed by atoms with Crippen LogP contribution in [0.5, 0.6) is 0 Å². The molecular weight excluding hydrogens is 457 g/mol. The average Bonchev–Trinajstić information content (AvgIpc) is 2.79. The number of esters is 1. The molecule has 0 saturated heterocycles. The molecule has 0 heterocycles. The molecule has 0 aliphatic heterocycles. The maximum Gasteiger partial charge on any atom is 0.328 e. The molecule has 0 aliphatic rings. The zero-order valence-corrected chi connectivity index (χ0v) is 18.5. The van der Waals surface area contributed by atoms with Gasteiger partial charge in [-0.15, -0.1) is 11.6 Å². The summed E-state index contributed by atoms with van der Waals surface area (Å²) in [5.74, 6) is -2.80. The number of benzene rings is 2. The molecule has 0 fully saturated rings. The van der Waals surface area contributed by atoms with E-state index >= 15 is 0 Å². The largest absolute Gasteiger partial charge is 0.464 e. The molecule has 2 N–H and O–H groups in total. The summed E-state index contributed by atoms with van der Waals surface area (Å²) in [6.07, 6.45) is 0.0388. The van der Waals surface area contributed by atoms with E-state index in [0.717, 1.165) is 0 Å². The van der Waals surface area contributed by atoms with Crippen LogP contribution in [0.2, 0.25) is 0 Å². The van der Waals surface area contributed by atoms with Crippen LogP contribution in [-0.2, 0) is 32.0 Å². The van der Waals surface area contributed by atoms with Crippen molar-refractivity contribution >= 4 is 35.1 Å². The Balaban J connectivity index is 2.21. The number of amides is 2. The molecule has 0 spiro atoms. The Morgan fingerprint density at radius 2 is 1.55 bits per heavy atom. The van der Waals surface area contributed by atoms with Crippen LogP contribution in [-0.4, -0.2) is 47.3 Å². The van der Waals surface area contributed by atoms with Crippen LogP contribution in [0, 0.1) is 15.9 Å². The van der Waals surface area contributed by atoms with Gasteiger partial charge in [-0.3, -0.25) is 19.7 Å². The van der Waals surface area contributed by atoms with E-state index in [4.69, 9.17) is 16.3 Å². The summed E-state index contributed by atoms with van der Waals surface area (Å²) >= 11 is 5.55. The van der Waals surface area contributed by atoms with Gasteiger partial charge < -0.3 is 15.4 Å². The summed E-state index contributed by atoms with van der Waals surface area (Å²) in [6, 6.07) is 8.73. The number of nitrogens with one attached hydrogen (secondary N) is 2. The number of rotatable bonds is 11. The van der Waals surface area contributed by atoms with Crippen LogP contribution in [0.25, 0.3) is 0 Å². The Labute approximate surface area is 194 Å². The smallest absolute Gasteiger partial charge is 0.328 e. The molecule has 0 bridgehead atoms. The number of non-ortho nitro benzene ring substituents is 1. The lowest BCUT2D eigenvalue weighted by Crippen LogP contribution is -2.53. The summed E-state index contributed by atoms with van der Waals surface area (Å²) in [7, 11) is 0. The fourth-order valence-electron chi connectivity index (χ4n) is 3.00. The quantitative estimate of drug-likeness (QED) is 0.220. The Morgan fingerprint density at radius 3 is 2.06 bits per heavy atom. The summed E-state index contributed by atoms with van der Waals surface area (Å²) in [4.78, 5) is 47.6. The van der Waals surface area contributed by atoms with Crippen molar-refractivity contribution in [2.45, 2.75) is 31.8 Å². The van der Waals surface area contributed by atoms with Gasteiger partial charge in [0.15, 0.2) is 0 Å². The van der Waals surface area contributed by atoms with Crippen molar-refractivity contribution in [1.29, 1.82) is 0 Å². The van der Waals surface area contributed by atoms with Gasteiger partial charge >= 0.3 is 5.97 Å². The highest BCUT2D eigenvalue weighted by Gasteiger charge is 2.28. The van der Waals surface area contributed by atoms with Crippen molar-refractivity contribution in [2.75, 3.05) is 12.5 Å². The topological polar surface area (TPSA) is 128 Å². The predicted molar refractivity (Wildman–Crippen MR) is 118 cm³/mol. The van der Waals surface area contributed by atoms with Gasteiger partial charge in [0, 0.05) is 25.0 Å². The molecule has 2 amide bonds. The molecule has 0 unspecified atom stereocenters. The molecule has 2 atom stereocenters.